The largest absolute Gasteiger partial charge is 0.330 e. The Hall–Kier alpha value is -1.38. The molecular weight excluding hydrogens is 280 g/mol. The molecule has 2 unspecified atom stereocenters. The normalized spacial score (nSPS) is 29.0. The summed E-state index contributed by atoms with van der Waals surface area (Å²) in [5.74, 6) is 0. The maximum Gasteiger partial charge on any atom is 0.0556 e. The van der Waals surface area contributed by atoms with Crippen LogP contribution in [0, 0.1) is 5.41 Å². The van der Waals surface area contributed by atoms with Gasteiger partial charge in [0, 0.05) is 24.4 Å². The molecule has 3 heteroatoms. The third-order valence-corrected chi connectivity index (χ3v) is 4.97. The van der Waals surface area contributed by atoms with E-state index in [0.717, 1.165) is 25.7 Å². The van der Waals surface area contributed by atoms with Crippen molar-refractivity contribution in [2.24, 2.45) is 11.1 Å². The van der Waals surface area contributed by atoms with Crippen molar-refractivity contribution in [3.8, 4) is 0 Å². The van der Waals surface area contributed by atoms with E-state index in [1.54, 1.807) is 0 Å². The van der Waals surface area contributed by atoms with Crippen molar-refractivity contribution in [3.63, 3.8) is 0 Å². The molecule has 2 nitrogen and oxygen atoms in total. The van der Waals surface area contributed by atoms with Crippen molar-refractivity contribution >= 4 is 17.2 Å². The first kappa shape index (κ1) is 14.6. The molecule has 2 aliphatic carbocycles. The summed E-state index contributed by atoms with van der Waals surface area (Å²) < 4.78 is 0. The highest BCUT2D eigenvalue weighted by Gasteiger charge is 2.34. The van der Waals surface area contributed by atoms with Crippen LogP contribution in [0.4, 0.5) is 0 Å². The van der Waals surface area contributed by atoms with Gasteiger partial charge in [-0.1, -0.05) is 30.4 Å². The fourth-order valence-electron chi connectivity index (χ4n) is 3.27. The molecule has 0 spiro atoms. The summed E-state index contributed by atoms with van der Waals surface area (Å²) in [5, 5.41) is 0.108. The fraction of sp³-hybridized carbons (Fsp3) is 0.389. The van der Waals surface area contributed by atoms with Crippen molar-refractivity contribution < 1.29 is 0 Å². The number of nitrogens with zero attached hydrogens (tertiary/aromatic N) is 1. The van der Waals surface area contributed by atoms with Gasteiger partial charge >= 0.3 is 0 Å². The molecule has 1 aromatic rings. The number of alkyl halides is 1. The average molecular weight is 301 g/mol. The molecule has 2 atom stereocenters. The lowest BCUT2D eigenvalue weighted by Gasteiger charge is -2.38. The number of rotatable bonds is 3. The van der Waals surface area contributed by atoms with Gasteiger partial charge in [-0.05, 0) is 48.5 Å². The van der Waals surface area contributed by atoms with Crippen molar-refractivity contribution in [2.45, 2.75) is 31.1 Å². The molecule has 0 aliphatic heterocycles. The van der Waals surface area contributed by atoms with Crippen LogP contribution in [0.5, 0.6) is 0 Å². The molecule has 0 aromatic carbocycles. The third kappa shape index (κ3) is 2.97. The number of hydrogen-bond donors (Lipinski definition) is 1. The quantitative estimate of drug-likeness (QED) is 0.854. The van der Waals surface area contributed by atoms with E-state index in [-0.39, 0.29) is 10.8 Å². The van der Waals surface area contributed by atoms with E-state index in [1.165, 1.54) is 16.7 Å². The summed E-state index contributed by atoms with van der Waals surface area (Å²) in [6.07, 6.45) is 16.7. The highest BCUT2D eigenvalue weighted by molar-refractivity contribution is 6.22. The van der Waals surface area contributed by atoms with Crippen LogP contribution in [-0.4, -0.2) is 16.9 Å². The molecule has 21 heavy (non-hydrogen) atoms. The van der Waals surface area contributed by atoms with Gasteiger partial charge in [0.15, 0.2) is 0 Å². The third-order valence-electron chi connectivity index (χ3n) is 4.67. The number of hydrogen-bond acceptors (Lipinski definition) is 2. The molecule has 2 aliphatic rings. The number of aromatic nitrogens is 1. The Kier molecular flexibility index (Phi) is 4.27. The van der Waals surface area contributed by atoms with E-state index < -0.39 is 0 Å². The molecule has 1 heterocycles. The van der Waals surface area contributed by atoms with E-state index in [9.17, 15) is 0 Å². The van der Waals surface area contributed by atoms with Crippen LogP contribution in [0.2, 0.25) is 0 Å². The van der Waals surface area contributed by atoms with Crippen molar-refractivity contribution in [1.82, 2.24) is 4.98 Å². The molecule has 0 saturated carbocycles. The van der Waals surface area contributed by atoms with Crippen LogP contribution in [0.3, 0.4) is 0 Å². The molecule has 1 aromatic heterocycles. The Morgan fingerprint density at radius 3 is 2.95 bits per heavy atom. The average Bonchev–Trinajstić information content (AvgIpc) is 2.56. The monoisotopic (exact) mass is 300 g/mol. The summed E-state index contributed by atoms with van der Waals surface area (Å²) in [6.45, 7) is 0.670. The van der Waals surface area contributed by atoms with Crippen molar-refractivity contribution in [3.05, 3.63) is 60.0 Å². The lowest BCUT2D eigenvalue weighted by atomic mass is 9.68. The molecule has 0 amide bonds. The predicted octanol–water partition coefficient (Wildman–Crippen LogP) is 4.09. The van der Waals surface area contributed by atoms with Gasteiger partial charge in [0.05, 0.1) is 5.38 Å². The fourth-order valence-corrected chi connectivity index (χ4v) is 3.51. The molecule has 0 saturated heterocycles. The second-order valence-electron chi connectivity index (χ2n) is 5.94. The molecular formula is C18H21ClN2. The highest BCUT2D eigenvalue weighted by atomic mass is 35.5. The van der Waals surface area contributed by atoms with Crippen molar-refractivity contribution in [2.75, 3.05) is 6.54 Å². The van der Waals surface area contributed by atoms with Crippen LogP contribution in [0.25, 0.3) is 5.57 Å². The second kappa shape index (κ2) is 6.17. The van der Waals surface area contributed by atoms with E-state index in [0.29, 0.717) is 6.54 Å². The summed E-state index contributed by atoms with van der Waals surface area (Å²) in [7, 11) is 0. The first-order valence-corrected chi connectivity index (χ1v) is 7.99. The van der Waals surface area contributed by atoms with Crippen LogP contribution >= 0.6 is 11.6 Å². The molecule has 0 bridgehead atoms. The minimum absolute atomic E-state index is 0.0514. The second-order valence-corrected chi connectivity index (χ2v) is 6.50. The zero-order chi connectivity index (χ0) is 14.7. The number of halogens is 1. The van der Waals surface area contributed by atoms with E-state index >= 15 is 0 Å². The standard InChI is InChI=1S/C18H21ClN2/c19-17-5-1-4-16(11-17)18(13-20)8-6-14(7-9-18)15-3-2-10-21-12-15/h1-4,6,10-12,17H,5,7-9,13,20H2. The highest BCUT2D eigenvalue weighted by Crippen LogP contribution is 2.44. The Labute approximate surface area is 131 Å². The SMILES string of the molecule is NCC1(C2=CC(Cl)CC=C2)CC=C(c2cccnc2)CC1. The van der Waals surface area contributed by atoms with Crippen LogP contribution < -0.4 is 5.73 Å². The lowest BCUT2D eigenvalue weighted by molar-refractivity contribution is 0.342. The van der Waals surface area contributed by atoms with Crippen LogP contribution in [0.15, 0.2) is 54.4 Å². The lowest BCUT2D eigenvalue weighted by Crippen LogP contribution is -2.34. The Bertz CT molecular complexity index is 588. The molecule has 110 valence electrons. The molecule has 2 N–H and O–H groups in total. The number of allylic oxidation sites excluding steroid dienone is 5. The van der Waals surface area contributed by atoms with Gasteiger partial charge < -0.3 is 5.73 Å². The van der Waals surface area contributed by atoms with E-state index in [2.05, 4.69) is 35.4 Å². The number of pyridine rings is 1. The predicted molar refractivity (Wildman–Crippen MR) is 89.0 cm³/mol. The van der Waals surface area contributed by atoms with E-state index in [4.69, 9.17) is 17.3 Å². The van der Waals surface area contributed by atoms with Gasteiger partial charge in [-0.25, -0.2) is 0 Å². The Balaban J connectivity index is 1.84. The van der Waals surface area contributed by atoms with Gasteiger partial charge in [-0.2, -0.15) is 0 Å². The van der Waals surface area contributed by atoms with Gasteiger partial charge in [-0.15, -0.1) is 11.6 Å². The molecule has 3 rings (SSSR count). The van der Waals surface area contributed by atoms with Gasteiger partial charge in [0.25, 0.3) is 0 Å². The minimum Gasteiger partial charge on any atom is -0.330 e. The topological polar surface area (TPSA) is 38.9 Å². The molecule has 0 fully saturated rings. The summed E-state index contributed by atoms with van der Waals surface area (Å²) in [6, 6.07) is 4.12. The van der Waals surface area contributed by atoms with E-state index in [1.807, 2.05) is 18.5 Å². The maximum absolute atomic E-state index is 6.28. The van der Waals surface area contributed by atoms with Crippen molar-refractivity contribution in [1.29, 1.82) is 0 Å². The van der Waals surface area contributed by atoms with Gasteiger partial charge in [-0.3, -0.25) is 4.98 Å². The first-order chi connectivity index (χ1) is 10.2. The summed E-state index contributed by atoms with van der Waals surface area (Å²) in [5.41, 5.74) is 10.1. The minimum atomic E-state index is 0.0514. The van der Waals surface area contributed by atoms with Gasteiger partial charge in [0.1, 0.15) is 0 Å². The summed E-state index contributed by atoms with van der Waals surface area (Å²) >= 11 is 6.28. The smallest absolute Gasteiger partial charge is 0.0556 e. The Morgan fingerprint density at radius 2 is 2.33 bits per heavy atom. The zero-order valence-electron chi connectivity index (χ0n) is 12.1. The number of nitrogens with two attached hydrogens (primary N) is 1. The first-order valence-electron chi connectivity index (χ1n) is 7.56. The molecule has 0 radical (unpaired) electrons. The van der Waals surface area contributed by atoms with Crippen LogP contribution in [-0.2, 0) is 0 Å². The maximum atomic E-state index is 6.28. The van der Waals surface area contributed by atoms with Gasteiger partial charge in [0.2, 0.25) is 0 Å². The van der Waals surface area contributed by atoms with Crippen LogP contribution in [0.1, 0.15) is 31.2 Å². The zero-order valence-corrected chi connectivity index (χ0v) is 12.9. The Morgan fingerprint density at radius 1 is 1.43 bits per heavy atom. The summed E-state index contributed by atoms with van der Waals surface area (Å²) in [4.78, 5) is 4.21.